The van der Waals surface area contributed by atoms with Crippen molar-refractivity contribution in [2.75, 3.05) is 25.2 Å². The molecule has 0 radical (unpaired) electrons. The van der Waals surface area contributed by atoms with Gasteiger partial charge in [0.15, 0.2) is 5.41 Å². The quantitative estimate of drug-likeness (QED) is 0.453. The van der Waals surface area contributed by atoms with Crippen molar-refractivity contribution >= 4 is 23.6 Å². The standard InChI is InChI=1S/C21H22N2O6/c1-5-11-23-14-10-8-7-9-13(14)21(16(17(23)22)18(24)27-4)15(19(25)28-6-2)12(3)29-20(21)26/h5,7-10H,1,6,11,22H2,2-4H3/t21-/m1/s1. The summed E-state index contributed by atoms with van der Waals surface area (Å²) in [6.07, 6.45) is 1.61. The zero-order valence-electron chi connectivity index (χ0n) is 16.5. The maximum atomic E-state index is 13.3. The minimum atomic E-state index is -1.89. The molecule has 8 heteroatoms. The third kappa shape index (κ3) is 2.71. The number of carbonyl (C=O) groups is 3. The Hall–Kier alpha value is -3.55. The monoisotopic (exact) mass is 398 g/mol. The molecule has 0 amide bonds. The molecule has 1 aromatic carbocycles. The van der Waals surface area contributed by atoms with E-state index < -0.39 is 23.3 Å². The number of para-hydroxylation sites is 1. The van der Waals surface area contributed by atoms with Crippen molar-refractivity contribution < 1.29 is 28.6 Å². The summed E-state index contributed by atoms with van der Waals surface area (Å²) in [4.78, 5) is 40.7. The predicted molar refractivity (Wildman–Crippen MR) is 104 cm³/mol. The van der Waals surface area contributed by atoms with Crippen LogP contribution in [0.5, 0.6) is 0 Å². The number of hydrogen-bond donors (Lipinski definition) is 1. The highest BCUT2D eigenvalue weighted by atomic mass is 16.6. The molecule has 3 rings (SSSR count). The van der Waals surface area contributed by atoms with Crippen molar-refractivity contribution in [3.8, 4) is 0 Å². The fourth-order valence-electron chi connectivity index (χ4n) is 3.91. The van der Waals surface area contributed by atoms with E-state index in [9.17, 15) is 14.4 Å². The van der Waals surface area contributed by atoms with Gasteiger partial charge in [-0.05, 0) is 19.9 Å². The van der Waals surface area contributed by atoms with Gasteiger partial charge in [-0.1, -0.05) is 24.3 Å². The van der Waals surface area contributed by atoms with Crippen molar-refractivity contribution in [3.63, 3.8) is 0 Å². The zero-order valence-corrected chi connectivity index (χ0v) is 16.5. The summed E-state index contributed by atoms with van der Waals surface area (Å²) in [6, 6.07) is 6.86. The highest BCUT2D eigenvalue weighted by Gasteiger charge is 2.63. The molecule has 0 fully saturated rings. The van der Waals surface area contributed by atoms with Crippen LogP contribution in [0.15, 0.2) is 59.6 Å². The van der Waals surface area contributed by atoms with Gasteiger partial charge in [-0.3, -0.25) is 0 Å². The first-order valence-corrected chi connectivity index (χ1v) is 9.03. The fourth-order valence-corrected chi connectivity index (χ4v) is 3.91. The van der Waals surface area contributed by atoms with E-state index in [4.69, 9.17) is 19.9 Å². The van der Waals surface area contributed by atoms with Crippen LogP contribution in [0.1, 0.15) is 19.4 Å². The number of methoxy groups -OCH3 is 1. The lowest BCUT2D eigenvalue weighted by atomic mass is 9.66. The number of hydrogen-bond acceptors (Lipinski definition) is 8. The summed E-state index contributed by atoms with van der Waals surface area (Å²) in [7, 11) is 1.18. The minimum absolute atomic E-state index is 0.0242. The molecular formula is C21H22N2O6. The Morgan fingerprint density at radius 1 is 1.28 bits per heavy atom. The molecule has 1 aromatic rings. The number of anilines is 1. The topological polar surface area (TPSA) is 108 Å². The molecule has 0 aliphatic carbocycles. The molecule has 8 nitrogen and oxygen atoms in total. The zero-order chi connectivity index (χ0) is 21.3. The lowest BCUT2D eigenvalue weighted by Crippen LogP contribution is -2.50. The largest absolute Gasteiger partial charge is 0.466 e. The molecule has 0 bridgehead atoms. The van der Waals surface area contributed by atoms with Crippen molar-refractivity contribution in [2.45, 2.75) is 19.3 Å². The van der Waals surface area contributed by atoms with Gasteiger partial charge in [-0.25, -0.2) is 14.4 Å². The van der Waals surface area contributed by atoms with Gasteiger partial charge in [0, 0.05) is 17.8 Å². The molecule has 29 heavy (non-hydrogen) atoms. The predicted octanol–water partition coefficient (Wildman–Crippen LogP) is 1.67. The van der Waals surface area contributed by atoms with Crippen LogP contribution < -0.4 is 10.6 Å². The van der Waals surface area contributed by atoms with Crippen molar-refractivity contribution in [2.24, 2.45) is 5.73 Å². The lowest BCUT2D eigenvalue weighted by molar-refractivity contribution is -0.146. The highest BCUT2D eigenvalue weighted by Crippen LogP contribution is 2.53. The third-order valence-electron chi connectivity index (χ3n) is 4.98. The Bertz CT molecular complexity index is 977. The maximum Gasteiger partial charge on any atom is 0.339 e. The normalized spacial score (nSPS) is 20.5. The third-order valence-corrected chi connectivity index (χ3v) is 4.98. The van der Waals surface area contributed by atoms with E-state index in [2.05, 4.69) is 6.58 Å². The smallest absolute Gasteiger partial charge is 0.339 e. The summed E-state index contributed by atoms with van der Waals surface area (Å²) in [6.45, 7) is 7.19. The van der Waals surface area contributed by atoms with Gasteiger partial charge >= 0.3 is 17.9 Å². The van der Waals surface area contributed by atoms with Gasteiger partial charge in [0.2, 0.25) is 0 Å². The van der Waals surface area contributed by atoms with Gasteiger partial charge in [0.25, 0.3) is 0 Å². The second kappa shape index (κ2) is 7.46. The van der Waals surface area contributed by atoms with E-state index in [1.807, 2.05) is 0 Å². The van der Waals surface area contributed by atoms with E-state index in [0.717, 1.165) is 0 Å². The number of allylic oxidation sites excluding steroid dienone is 1. The molecule has 152 valence electrons. The molecule has 2 aliphatic heterocycles. The average Bonchev–Trinajstić information content (AvgIpc) is 2.95. The van der Waals surface area contributed by atoms with E-state index in [1.54, 1.807) is 42.2 Å². The molecule has 0 saturated carbocycles. The summed E-state index contributed by atoms with van der Waals surface area (Å²) >= 11 is 0. The van der Waals surface area contributed by atoms with Gasteiger partial charge in [0.05, 0.1) is 13.7 Å². The molecule has 2 N–H and O–H groups in total. The van der Waals surface area contributed by atoms with E-state index in [-0.39, 0.29) is 35.9 Å². The number of carbonyl (C=O) groups excluding carboxylic acids is 3. The van der Waals surface area contributed by atoms with Crippen LogP contribution in [0.3, 0.4) is 0 Å². The van der Waals surface area contributed by atoms with Crippen LogP contribution in [-0.2, 0) is 34.0 Å². The number of benzene rings is 1. The number of fused-ring (bicyclic) bond motifs is 2. The van der Waals surface area contributed by atoms with Crippen LogP contribution in [0.4, 0.5) is 5.69 Å². The Balaban J connectivity index is 2.46. The van der Waals surface area contributed by atoms with Crippen LogP contribution >= 0.6 is 0 Å². The molecule has 2 aliphatic rings. The summed E-state index contributed by atoms with van der Waals surface area (Å²) in [5, 5.41) is 0. The summed E-state index contributed by atoms with van der Waals surface area (Å²) in [5.41, 5.74) is 5.14. The average molecular weight is 398 g/mol. The van der Waals surface area contributed by atoms with E-state index in [0.29, 0.717) is 11.3 Å². The number of cyclic esters (lactones) is 1. The number of nitrogens with zero attached hydrogens (tertiary/aromatic N) is 1. The molecule has 1 atom stereocenters. The highest BCUT2D eigenvalue weighted by molar-refractivity contribution is 6.16. The lowest BCUT2D eigenvalue weighted by Gasteiger charge is -2.40. The Morgan fingerprint density at radius 2 is 1.97 bits per heavy atom. The van der Waals surface area contributed by atoms with Crippen molar-refractivity contribution in [1.29, 1.82) is 0 Å². The number of esters is 3. The van der Waals surface area contributed by atoms with E-state index >= 15 is 0 Å². The summed E-state index contributed by atoms with van der Waals surface area (Å²) in [5.74, 6) is -2.40. The van der Waals surface area contributed by atoms with Crippen LogP contribution in [0.2, 0.25) is 0 Å². The molecule has 0 unspecified atom stereocenters. The second-order valence-corrected chi connectivity index (χ2v) is 6.46. The van der Waals surface area contributed by atoms with Gasteiger partial charge in [-0.2, -0.15) is 0 Å². The van der Waals surface area contributed by atoms with Crippen LogP contribution in [0, 0.1) is 0 Å². The first-order valence-electron chi connectivity index (χ1n) is 9.03. The Labute approximate surface area is 168 Å². The first-order chi connectivity index (χ1) is 13.9. The molecule has 0 aromatic heterocycles. The maximum absolute atomic E-state index is 13.3. The first kappa shape index (κ1) is 20.2. The molecular weight excluding hydrogens is 376 g/mol. The Morgan fingerprint density at radius 3 is 2.59 bits per heavy atom. The Kier molecular flexibility index (Phi) is 5.19. The second-order valence-electron chi connectivity index (χ2n) is 6.46. The van der Waals surface area contributed by atoms with Gasteiger partial charge in [0.1, 0.15) is 22.7 Å². The number of ether oxygens (including phenoxy) is 3. The van der Waals surface area contributed by atoms with Gasteiger partial charge < -0.3 is 24.8 Å². The number of nitrogens with two attached hydrogens (primary N) is 1. The minimum Gasteiger partial charge on any atom is -0.466 e. The van der Waals surface area contributed by atoms with Crippen LogP contribution in [0.25, 0.3) is 0 Å². The van der Waals surface area contributed by atoms with Gasteiger partial charge in [-0.15, -0.1) is 6.58 Å². The fraction of sp³-hybridized carbons (Fsp3) is 0.286. The van der Waals surface area contributed by atoms with Crippen LogP contribution in [-0.4, -0.2) is 38.2 Å². The SMILES string of the molecule is C=CCN1C(N)=C(C(=O)OC)[C@@]2(C(=O)OC(C)=C2C(=O)OCC)c2ccccc21. The molecule has 1 spiro atoms. The van der Waals surface area contributed by atoms with Crippen molar-refractivity contribution in [3.05, 3.63) is 65.2 Å². The van der Waals surface area contributed by atoms with Crippen molar-refractivity contribution in [1.82, 2.24) is 0 Å². The summed E-state index contributed by atoms with van der Waals surface area (Å²) < 4.78 is 15.5. The molecule has 2 heterocycles. The van der Waals surface area contributed by atoms with E-state index in [1.165, 1.54) is 14.0 Å². The number of rotatable bonds is 5. The molecule has 0 saturated heterocycles.